The van der Waals surface area contributed by atoms with E-state index >= 15 is 0 Å². The van der Waals surface area contributed by atoms with Crippen molar-refractivity contribution in [2.45, 2.75) is 13.0 Å². The molecular formula is C21H15ClN2O3S. The number of nitrogens with zero attached hydrogens (tertiary/aromatic N) is 2. The van der Waals surface area contributed by atoms with E-state index in [0.717, 1.165) is 11.1 Å². The second-order valence-corrected chi connectivity index (χ2v) is 7.71. The van der Waals surface area contributed by atoms with Crippen LogP contribution < -0.4 is 4.90 Å². The number of aromatic nitrogens is 1. The number of aliphatic hydroxyl groups is 1. The third kappa shape index (κ3) is 3.10. The minimum Gasteiger partial charge on any atom is -0.507 e. The summed E-state index contributed by atoms with van der Waals surface area (Å²) in [7, 11) is 0. The molecule has 1 saturated heterocycles. The Balaban J connectivity index is 1.93. The van der Waals surface area contributed by atoms with Gasteiger partial charge in [-0.1, -0.05) is 41.4 Å². The highest BCUT2D eigenvalue weighted by Crippen LogP contribution is 2.42. The van der Waals surface area contributed by atoms with Gasteiger partial charge in [-0.05, 0) is 36.8 Å². The number of benzene rings is 2. The molecule has 3 aromatic rings. The Labute approximate surface area is 170 Å². The summed E-state index contributed by atoms with van der Waals surface area (Å²) in [6.07, 6.45) is 1.57. The van der Waals surface area contributed by atoms with Crippen LogP contribution >= 0.6 is 22.9 Å². The lowest BCUT2D eigenvalue weighted by molar-refractivity contribution is -0.132. The fraction of sp³-hybridized carbons (Fsp3) is 0.0952. The Hall–Kier alpha value is -2.96. The molecule has 0 bridgehead atoms. The molecule has 0 spiro atoms. The topological polar surface area (TPSA) is 70.5 Å². The first-order valence-electron chi connectivity index (χ1n) is 8.50. The van der Waals surface area contributed by atoms with E-state index < -0.39 is 17.7 Å². The van der Waals surface area contributed by atoms with E-state index in [2.05, 4.69) is 4.98 Å². The molecule has 2 heterocycles. The Bertz CT molecular complexity index is 1070. The highest BCUT2D eigenvalue weighted by molar-refractivity contribution is 7.14. The summed E-state index contributed by atoms with van der Waals surface area (Å²) in [6.45, 7) is 1.95. The molecule has 1 N–H and O–H groups in total. The molecular weight excluding hydrogens is 396 g/mol. The van der Waals surface area contributed by atoms with Gasteiger partial charge in [-0.3, -0.25) is 14.5 Å². The van der Waals surface area contributed by atoms with E-state index in [0.29, 0.717) is 15.7 Å². The number of aryl methyl sites for hydroxylation is 1. The lowest BCUT2D eigenvalue weighted by Gasteiger charge is -2.23. The van der Waals surface area contributed by atoms with Crippen LogP contribution in [0.4, 0.5) is 5.13 Å². The van der Waals surface area contributed by atoms with Crippen molar-refractivity contribution < 1.29 is 14.7 Å². The number of hydrogen-bond donors (Lipinski definition) is 1. The molecule has 1 aliphatic heterocycles. The maximum atomic E-state index is 12.9. The summed E-state index contributed by atoms with van der Waals surface area (Å²) in [5.41, 5.74) is 2.22. The first kappa shape index (κ1) is 18.4. The third-order valence-electron chi connectivity index (χ3n) is 4.58. The molecule has 1 aliphatic rings. The molecule has 0 saturated carbocycles. The molecule has 1 amide bonds. The average Bonchev–Trinajstić information content (AvgIpc) is 3.30. The summed E-state index contributed by atoms with van der Waals surface area (Å²) >= 11 is 7.18. The largest absolute Gasteiger partial charge is 0.507 e. The van der Waals surface area contributed by atoms with Gasteiger partial charge < -0.3 is 5.11 Å². The van der Waals surface area contributed by atoms with E-state index in [-0.39, 0.29) is 11.3 Å². The van der Waals surface area contributed by atoms with Gasteiger partial charge in [0.1, 0.15) is 5.76 Å². The normalized spacial score (nSPS) is 18.6. The van der Waals surface area contributed by atoms with E-state index in [1.165, 1.54) is 16.2 Å². The average molecular weight is 411 g/mol. The minimum absolute atomic E-state index is 0.0337. The zero-order valence-electron chi connectivity index (χ0n) is 14.8. The maximum Gasteiger partial charge on any atom is 0.301 e. The summed E-state index contributed by atoms with van der Waals surface area (Å²) in [5, 5.41) is 13.6. The quantitative estimate of drug-likeness (QED) is 0.385. The van der Waals surface area contributed by atoms with Gasteiger partial charge in [-0.25, -0.2) is 4.98 Å². The Kier molecular flexibility index (Phi) is 4.75. The SMILES string of the molecule is Cc1ccc([C@@H]2/C(=C(\O)c3ccc(Cl)cc3)C(=O)C(=O)N2c2nccs2)cc1. The van der Waals surface area contributed by atoms with Gasteiger partial charge in [0.2, 0.25) is 0 Å². The molecule has 1 aromatic heterocycles. The Morgan fingerprint density at radius 2 is 1.79 bits per heavy atom. The molecule has 5 nitrogen and oxygen atoms in total. The van der Waals surface area contributed by atoms with E-state index in [9.17, 15) is 14.7 Å². The van der Waals surface area contributed by atoms with Crippen molar-refractivity contribution in [3.63, 3.8) is 0 Å². The van der Waals surface area contributed by atoms with Gasteiger partial charge >= 0.3 is 5.91 Å². The Morgan fingerprint density at radius 1 is 1.11 bits per heavy atom. The van der Waals surface area contributed by atoms with Crippen molar-refractivity contribution in [3.8, 4) is 0 Å². The van der Waals surface area contributed by atoms with Gasteiger partial charge in [-0.2, -0.15) is 0 Å². The smallest absolute Gasteiger partial charge is 0.301 e. The van der Waals surface area contributed by atoms with Crippen molar-refractivity contribution in [3.05, 3.63) is 87.4 Å². The molecule has 0 unspecified atom stereocenters. The predicted molar refractivity (Wildman–Crippen MR) is 110 cm³/mol. The van der Waals surface area contributed by atoms with Gasteiger partial charge in [0.15, 0.2) is 5.13 Å². The van der Waals surface area contributed by atoms with Gasteiger partial charge in [-0.15, -0.1) is 11.3 Å². The van der Waals surface area contributed by atoms with Gasteiger partial charge in [0.05, 0.1) is 11.6 Å². The number of aliphatic hydroxyl groups excluding tert-OH is 1. The minimum atomic E-state index is -0.762. The lowest BCUT2D eigenvalue weighted by Crippen LogP contribution is -2.29. The number of thiazole rings is 1. The van der Waals surface area contributed by atoms with Crippen LogP contribution in [-0.2, 0) is 9.59 Å². The van der Waals surface area contributed by atoms with E-state index in [1.54, 1.807) is 35.8 Å². The first-order valence-corrected chi connectivity index (χ1v) is 9.76. The number of amides is 1. The highest BCUT2D eigenvalue weighted by atomic mass is 35.5. The van der Waals surface area contributed by atoms with Crippen LogP contribution in [0.2, 0.25) is 5.02 Å². The number of rotatable bonds is 3. The maximum absolute atomic E-state index is 12.9. The number of carbonyl (C=O) groups excluding carboxylic acids is 2. The number of halogens is 1. The molecule has 7 heteroatoms. The van der Waals surface area contributed by atoms with Crippen LogP contribution in [0, 0.1) is 6.92 Å². The fourth-order valence-corrected chi connectivity index (χ4v) is 3.99. The summed E-state index contributed by atoms with van der Waals surface area (Å²) in [4.78, 5) is 31.3. The number of ketones is 1. The molecule has 0 radical (unpaired) electrons. The molecule has 4 rings (SSSR count). The summed E-state index contributed by atoms with van der Waals surface area (Å²) in [6, 6.07) is 13.2. The molecule has 1 fully saturated rings. The van der Waals surface area contributed by atoms with Crippen LogP contribution in [-0.4, -0.2) is 21.8 Å². The van der Waals surface area contributed by atoms with Crippen molar-refractivity contribution in [2.75, 3.05) is 4.90 Å². The molecule has 140 valence electrons. The zero-order chi connectivity index (χ0) is 19.8. The van der Waals surface area contributed by atoms with Crippen molar-refractivity contribution in [1.82, 2.24) is 4.98 Å². The second-order valence-electron chi connectivity index (χ2n) is 6.40. The van der Waals surface area contributed by atoms with Crippen LogP contribution in [0.5, 0.6) is 0 Å². The predicted octanol–water partition coefficient (Wildman–Crippen LogP) is 4.73. The monoisotopic (exact) mass is 410 g/mol. The lowest BCUT2D eigenvalue weighted by atomic mass is 9.95. The summed E-state index contributed by atoms with van der Waals surface area (Å²) < 4.78 is 0. The van der Waals surface area contributed by atoms with E-state index in [4.69, 9.17) is 11.6 Å². The van der Waals surface area contributed by atoms with Crippen LogP contribution in [0.1, 0.15) is 22.7 Å². The second kappa shape index (κ2) is 7.22. The summed E-state index contributed by atoms with van der Waals surface area (Å²) in [5.74, 6) is -1.69. The standard InChI is InChI=1S/C21H15ClN2O3S/c1-12-2-4-13(5-3-12)17-16(18(25)14-6-8-15(22)9-7-14)19(26)20(27)24(17)21-23-10-11-28-21/h2-11,17,25H,1H3/b18-16+/t17-/m1/s1. The van der Waals surface area contributed by atoms with Crippen LogP contribution in [0.15, 0.2) is 65.7 Å². The zero-order valence-corrected chi connectivity index (χ0v) is 16.4. The van der Waals surface area contributed by atoms with Crippen molar-refractivity contribution in [1.29, 1.82) is 0 Å². The molecule has 28 heavy (non-hydrogen) atoms. The first-order chi connectivity index (χ1) is 13.5. The number of carbonyl (C=O) groups is 2. The van der Waals surface area contributed by atoms with Gasteiger partial charge in [0.25, 0.3) is 5.78 Å². The Morgan fingerprint density at radius 3 is 2.39 bits per heavy atom. The van der Waals surface area contributed by atoms with Crippen LogP contribution in [0.25, 0.3) is 5.76 Å². The number of hydrogen-bond acceptors (Lipinski definition) is 5. The number of Topliss-reactive ketones (excluding diaryl/α,β-unsaturated/α-hetero) is 1. The molecule has 0 aliphatic carbocycles. The van der Waals surface area contributed by atoms with Crippen LogP contribution in [0.3, 0.4) is 0 Å². The van der Waals surface area contributed by atoms with Crippen molar-refractivity contribution in [2.24, 2.45) is 0 Å². The third-order valence-corrected chi connectivity index (χ3v) is 5.60. The van der Waals surface area contributed by atoms with Crippen molar-refractivity contribution >= 4 is 45.5 Å². The molecule has 2 aromatic carbocycles. The number of anilines is 1. The molecule has 1 atom stereocenters. The highest BCUT2D eigenvalue weighted by Gasteiger charge is 2.47. The van der Waals surface area contributed by atoms with Gasteiger partial charge in [0, 0.05) is 22.2 Å². The fourth-order valence-electron chi connectivity index (χ4n) is 3.19. The van der Waals surface area contributed by atoms with E-state index in [1.807, 2.05) is 31.2 Å².